The Bertz CT molecular complexity index is 804. The zero-order chi connectivity index (χ0) is 22.4. The molecule has 0 saturated carbocycles. The molecule has 1 saturated heterocycles. The summed E-state index contributed by atoms with van der Waals surface area (Å²) < 4.78 is 15.6. The molecule has 2 aliphatic heterocycles. The van der Waals surface area contributed by atoms with Gasteiger partial charge in [0.15, 0.2) is 11.5 Å². The zero-order valence-corrected chi connectivity index (χ0v) is 18.3. The van der Waals surface area contributed by atoms with E-state index in [0.29, 0.717) is 56.1 Å². The molecule has 170 valence electrons. The van der Waals surface area contributed by atoms with Gasteiger partial charge in [-0.1, -0.05) is 13.8 Å². The molecule has 0 unspecified atom stereocenters. The van der Waals surface area contributed by atoms with Gasteiger partial charge in [-0.3, -0.25) is 14.4 Å². The third-order valence-corrected chi connectivity index (χ3v) is 5.63. The Hall–Kier alpha value is -2.81. The average Bonchev–Trinajstić information content (AvgIpc) is 3.25. The zero-order valence-electron chi connectivity index (χ0n) is 18.3. The molecule has 31 heavy (non-hydrogen) atoms. The van der Waals surface area contributed by atoms with Crippen LogP contribution in [0.3, 0.4) is 0 Å². The molecule has 9 heteroatoms. The average molecular weight is 434 g/mol. The second-order valence-corrected chi connectivity index (χ2v) is 8.12. The molecule has 1 aromatic rings. The van der Waals surface area contributed by atoms with E-state index in [2.05, 4.69) is 10.6 Å². The van der Waals surface area contributed by atoms with Crippen LogP contribution in [0.2, 0.25) is 0 Å². The summed E-state index contributed by atoms with van der Waals surface area (Å²) in [6.45, 7) is 5.77. The molecule has 1 atom stereocenters. The van der Waals surface area contributed by atoms with Crippen LogP contribution >= 0.6 is 0 Å². The van der Waals surface area contributed by atoms with Crippen molar-refractivity contribution in [1.82, 2.24) is 15.5 Å². The van der Waals surface area contributed by atoms with Crippen LogP contribution in [0.4, 0.5) is 0 Å². The van der Waals surface area contributed by atoms with E-state index in [1.807, 2.05) is 18.7 Å². The fourth-order valence-corrected chi connectivity index (χ4v) is 3.86. The molecule has 0 bridgehead atoms. The van der Waals surface area contributed by atoms with Gasteiger partial charge in [0.2, 0.25) is 18.6 Å². The fourth-order valence-electron chi connectivity index (χ4n) is 3.86. The maximum atomic E-state index is 12.9. The van der Waals surface area contributed by atoms with Crippen LogP contribution in [0.25, 0.3) is 0 Å². The quantitative estimate of drug-likeness (QED) is 0.596. The highest BCUT2D eigenvalue weighted by molar-refractivity contribution is 5.98. The van der Waals surface area contributed by atoms with Crippen LogP contribution in [-0.2, 0) is 14.3 Å². The third-order valence-electron chi connectivity index (χ3n) is 5.63. The van der Waals surface area contributed by atoms with E-state index in [0.717, 1.165) is 0 Å². The maximum Gasteiger partial charge on any atom is 0.252 e. The molecule has 1 fully saturated rings. The first-order valence-electron chi connectivity index (χ1n) is 10.7. The first kappa shape index (κ1) is 22.9. The smallest absolute Gasteiger partial charge is 0.252 e. The Morgan fingerprint density at radius 3 is 2.55 bits per heavy atom. The number of hydrogen-bond donors (Lipinski definition) is 2. The highest BCUT2D eigenvalue weighted by Crippen LogP contribution is 2.32. The van der Waals surface area contributed by atoms with Crippen molar-refractivity contribution >= 4 is 17.7 Å². The molecular formula is C22H31N3O6. The lowest BCUT2D eigenvalue weighted by atomic mass is 9.88. The standard InChI is InChI=1S/C22H31N3O6/c1-14(2)22(28)25-9-6-15(7-10-25)19(21(27)23-8-11-29-3)24-20(26)16-4-5-17-18(12-16)31-13-30-17/h4-5,12,14-15,19H,6-11,13H2,1-3H3,(H,23,27)(H,24,26)/t19-/m0/s1. The van der Waals surface area contributed by atoms with Crippen LogP contribution in [-0.4, -0.2) is 68.8 Å². The van der Waals surface area contributed by atoms with Crippen molar-refractivity contribution in [1.29, 1.82) is 0 Å². The number of hydrogen-bond acceptors (Lipinski definition) is 6. The summed E-state index contributed by atoms with van der Waals surface area (Å²) in [5, 5.41) is 5.72. The number of piperidine rings is 1. The van der Waals surface area contributed by atoms with Crippen LogP contribution in [0.5, 0.6) is 11.5 Å². The highest BCUT2D eigenvalue weighted by atomic mass is 16.7. The highest BCUT2D eigenvalue weighted by Gasteiger charge is 2.34. The van der Waals surface area contributed by atoms with E-state index in [4.69, 9.17) is 14.2 Å². The van der Waals surface area contributed by atoms with Crippen LogP contribution in [0.1, 0.15) is 37.0 Å². The Balaban J connectivity index is 1.68. The molecule has 0 radical (unpaired) electrons. The summed E-state index contributed by atoms with van der Waals surface area (Å²) in [7, 11) is 1.56. The van der Waals surface area contributed by atoms with Crippen molar-refractivity contribution in [2.45, 2.75) is 32.7 Å². The van der Waals surface area contributed by atoms with Gasteiger partial charge in [-0.05, 0) is 37.0 Å². The molecule has 2 N–H and O–H groups in total. The van der Waals surface area contributed by atoms with E-state index < -0.39 is 6.04 Å². The molecule has 0 aliphatic carbocycles. The number of likely N-dealkylation sites (tertiary alicyclic amines) is 1. The van der Waals surface area contributed by atoms with E-state index in [-0.39, 0.29) is 36.4 Å². The van der Waals surface area contributed by atoms with E-state index in [9.17, 15) is 14.4 Å². The second-order valence-electron chi connectivity index (χ2n) is 8.12. The first-order valence-corrected chi connectivity index (χ1v) is 10.7. The molecule has 2 aliphatic rings. The third kappa shape index (κ3) is 5.66. The summed E-state index contributed by atoms with van der Waals surface area (Å²) in [5.41, 5.74) is 0.395. The summed E-state index contributed by atoms with van der Waals surface area (Å²) in [6.07, 6.45) is 1.28. The van der Waals surface area contributed by atoms with E-state index >= 15 is 0 Å². The van der Waals surface area contributed by atoms with Gasteiger partial charge in [-0.2, -0.15) is 0 Å². The largest absolute Gasteiger partial charge is 0.454 e. The number of benzene rings is 1. The van der Waals surface area contributed by atoms with Gasteiger partial charge < -0.3 is 29.7 Å². The first-order chi connectivity index (χ1) is 14.9. The van der Waals surface area contributed by atoms with E-state index in [1.165, 1.54) is 0 Å². The maximum absolute atomic E-state index is 12.9. The topological polar surface area (TPSA) is 106 Å². The van der Waals surface area contributed by atoms with Crippen LogP contribution < -0.4 is 20.1 Å². The summed E-state index contributed by atoms with van der Waals surface area (Å²) >= 11 is 0. The monoisotopic (exact) mass is 433 g/mol. The Morgan fingerprint density at radius 2 is 1.87 bits per heavy atom. The van der Waals surface area contributed by atoms with Gasteiger partial charge in [-0.15, -0.1) is 0 Å². The van der Waals surface area contributed by atoms with Crippen molar-refractivity contribution in [3.8, 4) is 11.5 Å². The van der Waals surface area contributed by atoms with Gasteiger partial charge in [-0.25, -0.2) is 0 Å². The van der Waals surface area contributed by atoms with Gasteiger partial charge in [0.05, 0.1) is 6.61 Å². The Kier molecular flexibility index (Phi) is 7.73. The number of carbonyl (C=O) groups is 3. The Labute approximate surface area is 182 Å². The van der Waals surface area contributed by atoms with Crippen molar-refractivity contribution in [2.75, 3.05) is 40.1 Å². The van der Waals surface area contributed by atoms with Crippen molar-refractivity contribution in [2.24, 2.45) is 11.8 Å². The lowest BCUT2D eigenvalue weighted by Gasteiger charge is -2.36. The second kappa shape index (κ2) is 10.5. The minimum absolute atomic E-state index is 0.0598. The van der Waals surface area contributed by atoms with E-state index in [1.54, 1.807) is 25.3 Å². The van der Waals surface area contributed by atoms with Crippen molar-refractivity contribution < 1.29 is 28.6 Å². The molecule has 3 amide bonds. The lowest BCUT2D eigenvalue weighted by Crippen LogP contribution is -2.54. The number of nitrogens with one attached hydrogen (secondary N) is 2. The van der Waals surface area contributed by atoms with Gasteiger partial charge >= 0.3 is 0 Å². The predicted molar refractivity (Wildman–Crippen MR) is 113 cm³/mol. The van der Waals surface area contributed by atoms with Crippen molar-refractivity contribution in [3.63, 3.8) is 0 Å². The number of ether oxygens (including phenoxy) is 3. The fraction of sp³-hybridized carbons (Fsp3) is 0.591. The number of fused-ring (bicyclic) bond motifs is 1. The van der Waals surface area contributed by atoms with Crippen LogP contribution in [0.15, 0.2) is 18.2 Å². The molecule has 3 rings (SSSR count). The van der Waals surface area contributed by atoms with Gasteiger partial charge in [0.25, 0.3) is 5.91 Å². The Morgan fingerprint density at radius 1 is 1.16 bits per heavy atom. The molecule has 9 nitrogen and oxygen atoms in total. The molecule has 2 heterocycles. The summed E-state index contributed by atoms with van der Waals surface area (Å²) in [4.78, 5) is 39.9. The number of amides is 3. The predicted octanol–water partition coefficient (Wildman–Crippen LogP) is 1.17. The summed E-state index contributed by atoms with van der Waals surface area (Å²) in [6, 6.07) is 4.24. The minimum atomic E-state index is -0.703. The van der Waals surface area contributed by atoms with Gasteiger partial charge in [0, 0.05) is 38.2 Å². The van der Waals surface area contributed by atoms with Crippen LogP contribution in [0, 0.1) is 11.8 Å². The number of rotatable bonds is 8. The summed E-state index contributed by atoms with van der Waals surface area (Å²) in [5.74, 6) is 0.476. The van der Waals surface area contributed by atoms with Gasteiger partial charge in [0.1, 0.15) is 6.04 Å². The molecule has 1 aromatic carbocycles. The lowest BCUT2D eigenvalue weighted by molar-refractivity contribution is -0.136. The SMILES string of the molecule is COCCNC(=O)[C@@H](NC(=O)c1ccc2c(c1)OCO2)C1CCN(C(=O)C(C)C)CC1. The molecule has 0 spiro atoms. The normalized spacial score (nSPS) is 16.8. The number of methoxy groups -OCH3 is 1. The minimum Gasteiger partial charge on any atom is -0.454 e. The van der Waals surface area contributed by atoms with Crippen molar-refractivity contribution in [3.05, 3.63) is 23.8 Å². The number of carbonyl (C=O) groups excluding carboxylic acids is 3. The number of nitrogens with zero attached hydrogens (tertiary/aromatic N) is 1. The molecular weight excluding hydrogens is 402 g/mol. The molecule has 0 aromatic heterocycles.